The third kappa shape index (κ3) is 5.07. The van der Waals surface area contributed by atoms with E-state index in [-0.39, 0.29) is 11.5 Å². The lowest BCUT2D eigenvalue weighted by atomic mass is 10.0. The minimum Gasteiger partial charge on any atom is -0.390 e. The molecule has 0 aliphatic carbocycles. The quantitative estimate of drug-likeness (QED) is 0.449. The van der Waals surface area contributed by atoms with Crippen LogP contribution in [0.4, 0.5) is 5.69 Å². The van der Waals surface area contributed by atoms with Crippen molar-refractivity contribution in [1.82, 2.24) is 10.2 Å². The van der Waals surface area contributed by atoms with Crippen LogP contribution in [-0.4, -0.2) is 43.5 Å². The Morgan fingerprint density at radius 2 is 2.12 bits per heavy atom. The highest BCUT2D eigenvalue weighted by Gasteiger charge is 2.24. The second kappa shape index (κ2) is 9.85. The van der Waals surface area contributed by atoms with Gasteiger partial charge in [-0.1, -0.05) is 32.0 Å². The van der Waals surface area contributed by atoms with Crippen molar-refractivity contribution < 1.29 is 4.79 Å². The fraction of sp³-hybridized carbons (Fsp3) is 0.500. The topological polar surface area (TPSA) is 59.4 Å². The fourth-order valence-corrected chi connectivity index (χ4v) is 3.15. The van der Waals surface area contributed by atoms with Crippen molar-refractivity contribution in [3.8, 4) is 6.07 Å². The highest BCUT2D eigenvalue weighted by atomic mass is 16.2. The average Bonchev–Trinajstić information content (AvgIpc) is 2.66. The summed E-state index contributed by atoms with van der Waals surface area (Å²) < 4.78 is 0. The van der Waals surface area contributed by atoms with Crippen molar-refractivity contribution in [2.75, 3.05) is 37.6 Å². The number of amides is 1. The highest BCUT2D eigenvalue weighted by Crippen LogP contribution is 2.27. The van der Waals surface area contributed by atoms with Crippen LogP contribution < -0.4 is 10.2 Å². The predicted molar refractivity (Wildman–Crippen MR) is 101 cm³/mol. The van der Waals surface area contributed by atoms with Gasteiger partial charge in [-0.3, -0.25) is 4.79 Å². The van der Waals surface area contributed by atoms with E-state index in [9.17, 15) is 10.1 Å². The first-order valence-corrected chi connectivity index (χ1v) is 9.17. The van der Waals surface area contributed by atoms with E-state index in [2.05, 4.69) is 30.1 Å². The molecule has 0 spiro atoms. The van der Waals surface area contributed by atoms with Gasteiger partial charge >= 0.3 is 0 Å². The predicted octanol–water partition coefficient (Wildman–Crippen LogP) is 2.69. The smallest absolute Gasteiger partial charge is 0.270 e. The second-order valence-electron chi connectivity index (χ2n) is 6.19. The van der Waals surface area contributed by atoms with Gasteiger partial charge in [0.15, 0.2) is 0 Å². The van der Waals surface area contributed by atoms with E-state index in [4.69, 9.17) is 0 Å². The number of rotatable bonds is 8. The maximum Gasteiger partial charge on any atom is 0.270 e. The van der Waals surface area contributed by atoms with Crippen LogP contribution in [0.5, 0.6) is 0 Å². The maximum atomic E-state index is 12.7. The van der Waals surface area contributed by atoms with Crippen LogP contribution in [0.3, 0.4) is 0 Å². The zero-order chi connectivity index (χ0) is 18.1. The van der Waals surface area contributed by atoms with Crippen LogP contribution in [0.2, 0.25) is 0 Å². The van der Waals surface area contributed by atoms with E-state index < -0.39 is 0 Å². The minimum atomic E-state index is -0.217. The Labute approximate surface area is 150 Å². The number of aryl methyl sites for hydroxylation is 1. The molecule has 25 heavy (non-hydrogen) atoms. The van der Waals surface area contributed by atoms with Gasteiger partial charge in [0.25, 0.3) is 5.91 Å². The van der Waals surface area contributed by atoms with Gasteiger partial charge in [0.05, 0.1) is 0 Å². The summed E-state index contributed by atoms with van der Waals surface area (Å²) in [6.07, 6.45) is 4.47. The third-order valence-electron chi connectivity index (χ3n) is 4.64. The van der Waals surface area contributed by atoms with Gasteiger partial charge in [0, 0.05) is 25.0 Å². The van der Waals surface area contributed by atoms with Gasteiger partial charge in [0.1, 0.15) is 11.6 Å². The summed E-state index contributed by atoms with van der Waals surface area (Å²) in [7, 11) is 0. The van der Waals surface area contributed by atoms with Crippen LogP contribution in [-0.2, 0) is 11.2 Å². The summed E-state index contributed by atoms with van der Waals surface area (Å²) in [5.74, 6) is -0.217. The van der Waals surface area contributed by atoms with Gasteiger partial charge in [0.2, 0.25) is 0 Å². The molecule has 1 amide bonds. The molecule has 0 radical (unpaired) electrons. The van der Waals surface area contributed by atoms with Crippen LogP contribution in [0.15, 0.2) is 36.0 Å². The fourth-order valence-electron chi connectivity index (χ4n) is 3.15. The lowest BCUT2D eigenvalue weighted by Gasteiger charge is -2.29. The van der Waals surface area contributed by atoms with E-state index in [0.717, 1.165) is 51.1 Å². The van der Waals surface area contributed by atoms with E-state index in [1.807, 2.05) is 24.3 Å². The van der Waals surface area contributed by atoms with Crippen LogP contribution in [0.25, 0.3) is 0 Å². The molecular formula is C20H28N4O. The zero-order valence-electron chi connectivity index (χ0n) is 15.3. The standard InChI is InChI=1S/C20H28N4O/c1-3-23(4-2)13-8-12-22-16-18(15-21)20(25)24-14-7-10-17-9-5-6-11-19(17)24/h5-6,9,11,16,22H,3-4,7-8,10,12-14H2,1-2H3/b18-16-. The summed E-state index contributed by atoms with van der Waals surface area (Å²) >= 11 is 0. The Kier molecular flexibility index (Phi) is 7.49. The molecule has 2 rings (SSSR count). The SMILES string of the molecule is CCN(CC)CCCN/C=C(/C#N)C(=O)N1CCCc2ccccc21. The number of anilines is 1. The third-order valence-corrected chi connectivity index (χ3v) is 4.64. The van der Waals surface area contributed by atoms with Gasteiger partial charge in [-0.25, -0.2) is 0 Å². The molecule has 134 valence electrons. The van der Waals surface area contributed by atoms with Gasteiger partial charge < -0.3 is 15.1 Å². The van der Waals surface area contributed by atoms with Gasteiger partial charge in [-0.15, -0.1) is 0 Å². The van der Waals surface area contributed by atoms with Gasteiger partial charge in [-0.05, 0) is 50.5 Å². The van der Waals surface area contributed by atoms with E-state index in [1.54, 1.807) is 11.1 Å². The molecule has 1 aromatic rings. The number of carbonyl (C=O) groups is 1. The first-order valence-electron chi connectivity index (χ1n) is 9.17. The van der Waals surface area contributed by atoms with Crippen molar-refractivity contribution in [3.63, 3.8) is 0 Å². The number of hydrogen-bond acceptors (Lipinski definition) is 4. The Morgan fingerprint density at radius 3 is 2.84 bits per heavy atom. The molecule has 0 aromatic heterocycles. The number of benzene rings is 1. The molecule has 1 N–H and O–H groups in total. The zero-order valence-corrected chi connectivity index (χ0v) is 15.3. The number of para-hydroxylation sites is 1. The van der Waals surface area contributed by atoms with E-state index in [1.165, 1.54) is 5.56 Å². The lowest BCUT2D eigenvalue weighted by molar-refractivity contribution is -0.114. The summed E-state index contributed by atoms with van der Waals surface area (Å²) in [6, 6.07) is 9.99. The Hall–Kier alpha value is -2.32. The van der Waals surface area contributed by atoms with Crippen molar-refractivity contribution >= 4 is 11.6 Å². The van der Waals surface area contributed by atoms with Crippen molar-refractivity contribution in [2.24, 2.45) is 0 Å². The second-order valence-corrected chi connectivity index (χ2v) is 6.19. The molecule has 1 heterocycles. The number of nitrogens with zero attached hydrogens (tertiary/aromatic N) is 3. The molecule has 1 aliphatic rings. The van der Waals surface area contributed by atoms with Crippen LogP contribution >= 0.6 is 0 Å². The van der Waals surface area contributed by atoms with Crippen LogP contribution in [0, 0.1) is 11.3 Å². The molecular weight excluding hydrogens is 312 g/mol. The van der Waals surface area contributed by atoms with Crippen molar-refractivity contribution in [1.29, 1.82) is 5.26 Å². The molecule has 5 heteroatoms. The molecule has 0 saturated heterocycles. The summed E-state index contributed by atoms with van der Waals surface area (Å²) in [6.45, 7) is 8.83. The van der Waals surface area contributed by atoms with Gasteiger partial charge in [-0.2, -0.15) is 5.26 Å². The number of hydrogen-bond donors (Lipinski definition) is 1. The number of carbonyl (C=O) groups excluding carboxylic acids is 1. The van der Waals surface area contributed by atoms with Crippen LogP contribution in [0.1, 0.15) is 32.3 Å². The molecule has 5 nitrogen and oxygen atoms in total. The first kappa shape index (κ1) is 19.0. The highest BCUT2D eigenvalue weighted by molar-refractivity contribution is 6.08. The van der Waals surface area contributed by atoms with Crippen molar-refractivity contribution in [2.45, 2.75) is 33.1 Å². The summed E-state index contributed by atoms with van der Waals surface area (Å²) in [4.78, 5) is 16.8. The molecule has 0 bridgehead atoms. The number of fused-ring (bicyclic) bond motifs is 1. The molecule has 0 fully saturated rings. The molecule has 0 saturated carbocycles. The maximum absolute atomic E-state index is 12.7. The van der Waals surface area contributed by atoms with Crippen molar-refractivity contribution in [3.05, 3.63) is 41.6 Å². The first-order chi connectivity index (χ1) is 12.2. The molecule has 0 atom stereocenters. The van der Waals surface area contributed by atoms with E-state index >= 15 is 0 Å². The Morgan fingerprint density at radius 1 is 1.36 bits per heavy atom. The molecule has 0 unspecified atom stereocenters. The Balaban J connectivity index is 1.94. The largest absolute Gasteiger partial charge is 0.390 e. The average molecular weight is 340 g/mol. The lowest BCUT2D eigenvalue weighted by Crippen LogP contribution is -2.36. The Bertz CT molecular complexity index is 643. The molecule has 1 aromatic carbocycles. The summed E-state index contributed by atoms with van der Waals surface area (Å²) in [5.41, 5.74) is 2.27. The number of nitrogens with one attached hydrogen (secondary N) is 1. The number of nitriles is 1. The minimum absolute atomic E-state index is 0.166. The molecule has 1 aliphatic heterocycles. The van der Waals surface area contributed by atoms with E-state index in [0.29, 0.717) is 6.54 Å². The normalized spacial score (nSPS) is 14.2. The monoisotopic (exact) mass is 340 g/mol. The summed E-state index contributed by atoms with van der Waals surface area (Å²) in [5, 5.41) is 12.5.